The second-order valence-electron chi connectivity index (χ2n) is 5.66. The van der Waals surface area contributed by atoms with Crippen molar-refractivity contribution in [2.24, 2.45) is 0 Å². The largest absolute Gasteiger partial charge is 0.392 e. The van der Waals surface area contributed by atoms with E-state index in [0.29, 0.717) is 12.5 Å². The second kappa shape index (κ2) is 7.76. The van der Waals surface area contributed by atoms with Crippen LogP contribution in [0.15, 0.2) is 6.20 Å². The molecule has 0 spiro atoms. The molecule has 1 aromatic heterocycles. The van der Waals surface area contributed by atoms with Gasteiger partial charge in [0, 0.05) is 25.5 Å². The zero-order chi connectivity index (χ0) is 14.4. The summed E-state index contributed by atoms with van der Waals surface area (Å²) in [6.07, 6.45) is 4.73. The van der Waals surface area contributed by atoms with Crippen LogP contribution in [-0.4, -0.2) is 59.2 Å². The summed E-state index contributed by atoms with van der Waals surface area (Å²) < 4.78 is 5.28. The topological polar surface area (TPSA) is 61.4 Å². The molecule has 5 heteroatoms. The van der Waals surface area contributed by atoms with E-state index in [1.807, 2.05) is 13.1 Å². The van der Waals surface area contributed by atoms with Gasteiger partial charge in [-0.15, -0.1) is 0 Å². The molecule has 5 nitrogen and oxygen atoms in total. The number of piperidine rings is 1. The van der Waals surface area contributed by atoms with Crippen molar-refractivity contribution in [2.75, 3.05) is 32.8 Å². The Bertz CT molecular complexity index is 386. The molecule has 1 aliphatic heterocycles. The third kappa shape index (κ3) is 4.30. The normalized spacial score (nSPS) is 19.4. The summed E-state index contributed by atoms with van der Waals surface area (Å²) in [4.78, 5) is 2.36. The predicted molar refractivity (Wildman–Crippen MR) is 78.9 cm³/mol. The molecule has 20 heavy (non-hydrogen) atoms. The average Bonchev–Trinajstić information content (AvgIpc) is 2.86. The fraction of sp³-hybridized carbons (Fsp3) is 0.800. The number of aryl methyl sites for hydroxylation is 1. The van der Waals surface area contributed by atoms with Gasteiger partial charge < -0.3 is 14.7 Å². The van der Waals surface area contributed by atoms with Gasteiger partial charge in [0.15, 0.2) is 0 Å². The van der Waals surface area contributed by atoms with Crippen LogP contribution in [0.1, 0.15) is 43.4 Å². The van der Waals surface area contributed by atoms with Crippen LogP contribution in [0, 0.1) is 6.92 Å². The summed E-state index contributed by atoms with van der Waals surface area (Å²) in [5.41, 5.74) is 2.56. The second-order valence-corrected chi connectivity index (χ2v) is 5.66. The summed E-state index contributed by atoms with van der Waals surface area (Å²) in [6, 6.07) is 0. The minimum absolute atomic E-state index is 0.270. The molecule has 1 aromatic rings. The van der Waals surface area contributed by atoms with Gasteiger partial charge in [-0.25, -0.2) is 0 Å². The molecular weight excluding hydrogens is 254 g/mol. The Labute approximate surface area is 121 Å². The molecular formula is C15H27N3O2. The van der Waals surface area contributed by atoms with Gasteiger partial charge in [-0.05, 0) is 57.7 Å². The Morgan fingerprint density at radius 3 is 2.85 bits per heavy atom. The SMILES string of the molecule is CCOCCC(O)CN1CCC(c2cn[nH]c2C)CC1. The lowest BCUT2D eigenvalue weighted by Crippen LogP contribution is -2.38. The lowest BCUT2D eigenvalue weighted by atomic mass is 9.90. The first-order valence-electron chi connectivity index (χ1n) is 7.68. The molecule has 1 fully saturated rings. The molecule has 0 bridgehead atoms. The van der Waals surface area contributed by atoms with Crippen molar-refractivity contribution in [3.63, 3.8) is 0 Å². The van der Waals surface area contributed by atoms with Crippen molar-refractivity contribution < 1.29 is 9.84 Å². The smallest absolute Gasteiger partial charge is 0.0689 e. The maximum Gasteiger partial charge on any atom is 0.0689 e. The monoisotopic (exact) mass is 281 g/mol. The molecule has 0 radical (unpaired) electrons. The molecule has 2 heterocycles. The van der Waals surface area contributed by atoms with Crippen LogP contribution in [0.4, 0.5) is 0 Å². The molecule has 114 valence electrons. The van der Waals surface area contributed by atoms with Crippen LogP contribution >= 0.6 is 0 Å². The highest BCUT2D eigenvalue weighted by Gasteiger charge is 2.23. The van der Waals surface area contributed by atoms with Crippen molar-refractivity contribution in [2.45, 2.75) is 45.1 Å². The van der Waals surface area contributed by atoms with Gasteiger partial charge in [0.2, 0.25) is 0 Å². The Hall–Kier alpha value is -0.910. The van der Waals surface area contributed by atoms with Crippen molar-refractivity contribution >= 4 is 0 Å². The highest BCUT2D eigenvalue weighted by Crippen LogP contribution is 2.29. The van der Waals surface area contributed by atoms with E-state index >= 15 is 0 Å². The van der Waals surface area contributed by atoms with Crippen LogP contribution < -0.4 is 0 Å². The van der Waals surface area contributed by atoms with Crippen LogP contribution in [0.25, 0.3) is 0 Å². The number of rotatable bonds is 7. The number of aromatic amines is 1. The number of aromatic nitrogens is 2. The molecule has 1 saturated heterocycles. The van der Waals surface area contributed by atoms with Gasteiger partial charge in [-0.3, -0.25) is 5.10 Å². The van der Waals surface area contributed by atoms with Crippen LogP contribution in [-0.2, 0) is 4.74 Å². The number of ether oxygens (including phenoxy) is 1. The number of H-pyrrole nitrogens is 1. The van der Waals surface area contributed by atoms with E-state index in [1.54, 1.807) is 0 Å². The van der Waals surface area contributed by atoms with E-state index < -0.39 is 0 Å². The number of aliphatic hydroxyl groups excluding tert-OH is 1. The number of aliphatic hydroxyl groups is 1. The van der Waals surface area contributed by atoms with Crippen molar-refractivity contribution in [1.29, 1.82) is 0 Å². The lowest BCUT2D eigenvalue weighted by Gasteiger charge is -2.33. The van der Waals surface area contributed by atoms with E-state index in [2.05, 4.69) is 22.0 Å². The molecule has 2 rings (SSSR count). The van der Waals surface area contributed by atoms with E-state index in [-0.39, 0.29) is 6.10 Å². The van der Waals surface area contributed by atoms with E-state index in [1.165, 1.54) is 11.3 Å². The number of likely N-dealkylation sites (tertiary alicyclic amines) is 1. The number of hydrogen-bond acceptors (Lipinski definition) is 4. The van der Waals surface area contributed by atoms with Crippen molar-refractivity contribution in [1.82, 2.24) is 15.1 Å². The van der Waals surface area contributed by atoms with Gasteiger partial charge in [-0.1, -0.05) is 0 Å². The molecule has 1 unspecified atom stereocenters. The van der Waals surface area contributed by atoms with E-state index in [0.717, 1.165) is 45.5 Å². The molecule has 0 amide bonds. The Balaban J connectivity index is 1.70. The molecule has 0 aliphatic carbocycles. The van der Waals surface area contributed by atoms with Gasteiger partial charge in [0.1, 0.15) is 0 Å². The summed E-state index contributed by atoms with van der Waals surface area (Å²) >= 11 is 0. The Morgan fingerprint density at radius 2 is 2.25 bits per heavy atom. The predicted octanol–water partition coefficient (Wildman–Crippen LogP) is 1.69. The van der Waals surface area contributed by atoms with E-state index in [4.69, 9.17) is 4.74 Å². The highest BCUT2D eigenvalue weighted by molar-refractivity contribution is 5.20. The summed E-state index contributed by atoms with van der Waals surface area (Å²) in [7, 11) is 0. The van der Waals surface area contributed by atoms with Gasteiger partial charge in [0.05, 0.1) is 12.3 Å². The van der Waals surface area contributed by atoms with E-state index in [9.17, 15) is 5.11 Å². The van der Waals surface area contributed by atoms with Crippen molar-refractivity contribution in [3.8, 4) is 0 Å². The number of nitrogens with zero attached hydrogens (tertiary/aromatic N) is 2. The summed E-state index contributed by atoms with van der Waals surface area (Å²) in [5.74, 6) is 0.616. The lowest BCUT2D eigenvalue weighted by molar-refractivity contribution is 0.0568. The molecule has 1 atom stereocenters. The first-order valence-corrected chi connectivity index (χ1v) is 7.68. The number of β-amino-alcohol motifs (C(OH)–C–C–N with tert-alkyl or cyclic N) is 1. The minimum Gasteiger partial charge on any atom is -0.392 e. The zero-order valence-corrected chi connectivity index (χ0v) is 12.6. The van der Waals surface area contributed by atoms with Gasteiger partial charge >= 0.3 is 0 Å². The average molecular weight is 281 g/mol. The quantitative estimate of drug-likeness (QED) is 0.747. The first kappa shape index (κ1) is 15.5. The zero-order valence-electron chi connectivity index (χ0n) is 12.6. The maximum atomic E-state index is 9.99. The minimum atomic E-state index is -0.270. The van der Waals surface area contributed by atoms with Crippen LogP contribution in [0.2, 0.25) is 0 Å². The molecule has 2 N–H and O–H groups in total. The fourth-order valence-corrected chi connectivity index (χ4v) is 2.95. The van der Waals surface area contributed by atoms with Gasteiger partial charge in [0.25, 0.3) is 0 Å². The third-order valence-electron chi connectivity index (χ3n) is 4.16. The standard InChI is InChI=1S/C15H27N3O2/c1-3-20-9-6-14(19)11-18-7-4-13(5-8-18)15-10-16-17-12(15)2/h10,13-14,19H,3-9,11H2,1-2H3,(H,16,17). The fourth-order valence-electron chi connectivity index (χ4n) is 2.95. The molecule has 0 aromatic carbocycles. The highest BCUT2D eigenvalue weighted by atomic mass is 16.5. The summed E-state index contributed by atoms with van der Waals surface area (Å²) in [6.45, 7) is 8.33. The van der Waals surface area contributed by atoms with Crippen molar-refractivity contribution in [3.05, 3.63) is 17.5 Å². The third-order valence-corrected chi connectivity index (χ3v) is 4.16. The maximum absolute atomic E-state index is 9.99. The van der Waals surface area contributed by atoms with Crippen LogP contribution in [0.5, 0.6) is 0 Å². The number of hydrogen-bond donors (Lipinski definition) is 2. The number of nitrogens with one attached hydrogen (secondary N) is 1. The molecule has 0 saturated carbocycles. The Morgan fingerprint density at radius 1 is 1.50 bits per heavy atom. The first-order chi connectivity index (χ1) is 9.70. The van der Waals surface area contributed by atoms with Crippen LogP contribution in [0.3, 0.4) is 0 Å². The Kier molecular flexibility index (Phi) is 6.01. The van der Waals surface area contributed by atoms with Gasteiger partial charge in [-0.2, -0.15) is 5.10 Å². The molecule has 1 aliphatic rings. The summed E-state index contributed by atoms with van der Waals surface area (Å²) in [5, 5.41) is 17.1.